The molecule has 17 heavy (non-hydrogen) atoms. The first kappa shape index (κ1) is 21.7. The largest absolute Gasteiger partial charge is 0.255 e. The zero-order chi connectivity index (χ0) is 14.1. The summed E-state index contributed by atoms with van der Waals surface area (Å²) in [6.07, 6.45) is 6.42. The number of rotatable bonds is 0. The van der Waals surface area contributed by atoms with Crippen LogP contribution in [0.25, 0.3) is 0 Å². The Morgan fingerprint density at radius 3 is 2.18 bits per heavy atom. The molecule has 0 aromatic heterocycles. The zero-order valence-electron chi connectivity index (χ0n) is 13.1. The van der Waals surface area contributed by atoms with Crippen LogP contribution in [0.4, 0.5) is 0 Å². The molecule has 0 aromatic carbocycles. The van der Waals surface area contributed by atoms with Crippen LogP contribution >= 0.6 is 0 Å². The third-order valence-corrected chi connectivity index (χ3v) is 1.82. The highest BCUT2D eigenvalue weighted by Crippen LogP contribution is 2.07. The second-order valence-corrected chi connectivity index (χ2v) is 3.03. The van der Waals surface area contributed by atoms with Crippen molar-refractivity contribution in [3.63, 3.8) is 0 Å². The number of allylic oxidation sites excluding steroid dienone is 2. The van der Waals surface area contributed by atoms with Crippen molar-refractivity contribution in [2.24, 2.45) is 0 Å². The first-order valence-electron chi connectivity index (χ1n) is 7.12. The summed E-state index contributed by atoms with van der Waals surface area (Å²) in [6, 6.07) is 0.534. The fourth-order valence-corrected chi connectivity index (χ4v) is 1.08. The third kappa shape index (κ3) is 18.0. The summed E-state index contributed by atoms with van der Waals surface area (Å²) in [5.41, 5.74) is 7.55. The van der Waals surface area contributed by atoms with Gasteiger partial charge in [0.1, 0.15) is 0 Å². The van der Waals surface area contributed by atoms with Gasteiger partial charge in [-0.05, 0) is 19.8 Å². The van der Waals surface area contributed by atoms with E-state index in [1.165, 1.54) is 5.57 Å². The first-order valence-corrected chi connectivity index (χ1v) is 7.12. The summed E-state index contributed by atoms with van der Waals surface area (Å²) >= 11 is 0. The topological polar surface area (TPSA) is 24.1 Å². The highest BCUT2D eigenvalue weighted by molar-refractivity contribution is 5.14. The highest BCUT2D eigenvalue weighted by Gasteiger charge is 2.01. The predicted molar refractivity (Wildman–Crippen MR) is 82.2 cm³/mol. The fourth-order valence-electron chi connectivity index (χ4n) is 1.08. The summed E-state index contributed by atoms with van der Waals surface area (Å²) in [4.78, 5) is 0. The number of hydrogen-bond acceptors (Lipinski definition) is 2. The van der Waals surface area contributed by atoms with Gasteiger partial charge in [0.15, 0.2) is 0 Å². The molecule has 1 aliphatic heterocycles. The lowest BCUT2D eigenvalue weighted by Crippen LogP contribution is -2.38. The minimum absolute atomic E-state index is 0.534. The minimum atomic E-state index is 0.534. The molecule has 0 saturated carbocycles. The average molecular weight is 242 g/mol. The summed E-state index contributed by atoms with van der Waals surface area (Å²) in [6.45, 7) is 19.0. The molecule has 0 aromatic rings. The Bertz CT molecular complexity index is 162. The van der Waals surface area contributed by atoms with E-state index in [4.69, 9.17) is 0 Å². The van der Waals surface area contributed by atoms with E-state index in [2.05, 4.69) is 36.5 Å². The Balaban J connectivity index is -0.000000285. The fraction of sp³-hybridized carbons (Fsp3) is 0.733. The molecule has 0 spiro atoms. The lowest BCUT2D eigenvalue weighted by Gasteiger charge is -2.11. The molecule has 0 fully saturated rings. The number of hydrogen-bond donors (Lipinski definition) is 2. The van der Waals surface area contributed by atoms with Crippen molar-refractivity contribution >= 4 is 0 Å². The molecule has 1 unspecified atom stereocenters. The predicted octanol–water partition coefficient (Wildman–Crippen LogP) is 4.45. The van der Waals surface area contributed by atoms with Crippen molar-refractivity contribution in [1.29, 1.82) is 0 Å². The molecule has 1 rings (SSSR count). The van der Waals surface area contributed by atoms with Crippen molar-refractivity contribution in [3.05, 3.63) is 24.3 Å². The van der Waals surface area contributed by atoms with E-state index in [1.54, 1.807) is 0 Å². The van der Waals surface area contributed by atoms with Gasteiger partial charge in [0, 0.05) is 12.6 Å². The van der Waals surface area contributed by atoms with Crippen LogP contribution in [-0.4, -0.2) is 12.6 Å². The van der Waals surface area contributed by atoms with Gasteiger partial charge in [0.2, 0.25) is 0 Å². The van der Waals surface area contributed by atoms with Crippen molar-refractivity contribution in [2.75, 3.05) is 6.54 Å². The van der Waals surface area contributed by atoms with Crippen molar-refractivity contribution in [3.8, 4) is 0 Å². The molecule has 1 heterocycles. The van der Waals surface area contributed by atoms with E-state index >= 15 is 0 Å². The summed E-state index contributed by atoms with van der Waals surface area (Å²) in [7, 11) is 0. The molecule has 0 radical (unpaired) electrons. The van der Waals surface area contributed by atoms with Crippen LogP contribution in [0.2, 0.25) is 0 Å². The SMILES string of the molecule is C=C1/C=C\CNNC(C)CC1.CC.CC.CC. The molecule has 0 bridgehead atoms. The molecule has 0 saturated heterocycles. The van der Waals surface area contributed by atoms with Gasteiger partial charge in [-0.15, -0.1) is 0 Å². The van der Waals surface area contributed by atoms with Gasteiger partial charge in [0.05, 0.1) is 0 Å². The minimum Gasteiger partial charge on any atom is -0.255 e. The van der Waals surface area contributed by atoms with Crippen molar-refractivity contribution < 1.29 is 0 Å². The van der Waals surface area contributed by atoms with Crippen LogP contribution in [0.3, 0.4) is 0 Å². The van der Waals surface area contributed by atoms with E-state index in [0.29, 0.717) is 6.04 Å². The molecule has 1 atom stereocenters. The van der Waals surface area contributed by atoms with Crippen molar-refractivity contribution in [2.45, 2.75) is 67.3 Å². The molecule has 104 valence electrons. The molecule has 2 heteroatoms. The number of nitrogens with one attached hydrogen (secondary N) is 2. The van der Waals surface area contributed by atoms with Gasteiger partial charge < -0.3 is 0 Å². The van der Waals surface area contributed by atoms with Crippen LogP contribution in [-0.2, 0) is 0 Å². The first-order chi connectivity index (χ1) is 8.29. The van der Waals surface area contributed by atoms with Crippen molar-refractivity contribution in [1.82, 2.24) is 10.9 Å². The lowest BCUT2D eigenvalue weighted by molar-refractivity contribution is 0.452. The molecule has 0 aliphatic carbocycles. The second kappa shape index (κ2) is 20.8. The van der Waals surface area contributed by atoms with Crippen LogP contribution < -0.4 is 10.9 Å². The molecule has 2 N–H and O–H groups in total. The van der Waals surface area contributed by atoms with E-state index in [0.717, 1.165) is 19.4 Å². The Morgan fingerprint density at radius 1 is 1.12 bits per heavy atom. The summed E-state index contributed by atoms with van der Waals surface area (Å²) < 4.78 is 0. The summed E-state index contributed by atoms with van der Waals surface area (Å²) in [5, 5.41) is 0. The van der Waals surface area contributed by atoms with Gasteiger partial charge in [0.25, 0.3) is 0 Å². The second-order valence-electron chi connectivity index (χ2n) is 3.03. The number of hydrazine groups is 1. The smallest absolute Gasteiger partial charge is 0.0284 e. The van der Waals surface area contributed by atoms with Crippen LogP contribution in [0, 0.1) is 0 Å². The van der Waals surface area contributed by atoms with Gasteiger partial charge in [-0.3, -0.25) is 10.9 Å². The maximum Gasteiger partial charge on any atom is 0.0284 e. The quantitative estimate of drug-likeness (QED) is 0.655. The Labute approximate surface area is 110 Å². The maximum atomic E-state index is 3.95. The van der Waals surface area contributed by atoms with Crippen LogP contribution in [0.5, 0.6) is 0 Å². The van der Waals surface area contributed by atoms with Gasteiger partial charge in [-0.25, -0.2) is 0 Å². The van der Waals surface area contributed by atoms with E-state index < -0.39 is 0 Å². The van der Waals surface area contributed by atoms with Crippen LogP contribution in [0.15, 0.2) is 24.3 Å². The lowest BCUT2D eigenvalue weighted by atomic mass is 10.1. The monoisotopic (exact) mass is 242 g/mol. The normalized spacial score (nSPS) is 20.6. The highest BCUT2D eigenvalue weighted by atomic mass is 15.4. The third-order valence-electron chi connectivity index (χ3n) is 1.82. The van der Waals surface area contributed by atoms with Crippen LogP contribution in [0.1, 0.15) is 61.3 Å². The molecule has 1 aliphatic rings. The zero-order valence-corrected chi connectivity index (χ0v) is 13.1. The molecule has 0 amide bonds. The standard InChI is InChI=1S/C9H16N2.3C2H6/c1-8-4-3-7-10-11-9(2)6-5-8;3*1-2/h3-4,9-11H,1,5-7H2,2H3;3*1-2H3/b4-3-;;;. The van der Waals surface area contributed by atoms with E-state index in [-0.39, 0.29) is 0 Å². The molecular weight excluding hydrogens is 208 g/mol. The molecule has 2 nitrogen and oxygen atoms in total. The van der Waals surface area contributed by atoms with Gasteiger partial charge >= 0.3 is 0 Å². The Morgan fingerprint density at radius 2 is 1.65 bits per heavy atom. The molecular formula is C15H34N2. The Kier molecular flexibility index (Phi) is 26.5. The summed E-state index contributed by atoms with van der Waals surface area (Å²) in [5.74, 6) is 0. The van der Waals surface area contributed by atoms with E-state index in [1.807, 2.05) is 41.5 Å². The maximum absolute atomic E-state index is 3.95. The van der Waals surface area contributed by atoms with E-state index in [9.17, 15) is 0 Å². The average Bonchev–Trinajstić information content (AvgIpc) is 2.51. The Hall–Kier alpha value is -0.600. The van der Waals surface area contributed by atoms with Gasteiger partial charge in [-0.1, -0.05) is 65.8 Å². The van der Waals surface area contributed by atoms with Gasteiger partial charge in [-0.2, -0.15) is 0 Å².